The highest BCUT2D eigenvalue weighted by Gasteiger charge is 2.63. The van der Waals surface area contributed by atoms with Crippen molar-refractivity contribution < 1.29 is 4.79 Å². The average molecular weight is 292 g/mol. The number of hydrogen-bond acceptors (Lipinski definition) is 2. The second-order valence-electron chi connectivity index (χ2n) is 9.10. The van der Waals surface area contributed by atoms with Gasteiger partial charge in [0.2, 0.25) is 5.91 Å². The van der Waals surface area contributed by atoms with Crippen LogP contribution in [0, 0.1) is 22.7 Å². The monoisotopic (exact) mass is 292 g/mol. The summed E-state index contributed by atoms with van der Waals surface area (Å²) in [6.07, 6.45) is 5.23. The molecule has 5 unspecified atom stereocenters. The predicted octanol–water partition coefficient (Wildman–Crippen LogP) is 3.39. The first kappa shape index (κ1) is 15.3. The highest BCUT2D eigenvalue weighted by molar-refractivity contribution is 5.84. The molecule has 0 aromatic carbocycles. The van der Waals surface area contributed by atoms with Crippen LogP contribution in [0.2, 0.25) is 0 Å². The van der Waals surface area contributed by atoms with Gasteiger partial charge in [0.15, 0.2) is 0 Å². The molecule has 0 aromatic heterocycles. The van der Waals surface area contributed by atoms with Crippen molar-refractivity contribution in [2.45, 2.75) is 85.5 Å². The molecular weight excluding hydrogens is 260 g/mol. The first-order valence-electron chi connectivity index (χ1n) is 8.75. The minimum Gasteiger partial charge on any atom is -0.322 e. The summed E-state index contributed by atoms with van der Waals surface area (Å²) in [5.41, 5.74) is 0.578. The van der Waals surface area contributed by atoms with Gasteiger partial charge in [0.05, 0.1) is 12.2 Å². The van der Waals surface area contributed by atoms with Crippen LogP contribution in [0.1, 0.15) is 67.2 Å². The van der Waals surface area contributed by atoms with E-state index in [0.717, 1.165) is 12.3 Å². The second-order valence-corrected chi connectivity index (χ2v) is 9.10. The van der Waals surface area contributed by atoms with Crippen molar-refractivity contribution in [3.63, 3.8) is 0 Å². The van der Waals surface area contributed by atoms with E-state index in [4.69, 9.17) is 0 Å². The number of hydrogen-bond donors (Lipinski definition) is 1. The molecular formula is C18H32N2O. The number of amides is 1. The number of rotatable bonds is 3. The van der Waals surface area contributed by atoms with E-state index in [9.17, 15) is 4.79 Å². The number of nitrogens with zero attached hydrogens (tertiary/aromatic N) is 1. The van der Waals surface area contributed by atoms with Crippen molar-refractivity contribution in [3.8, 4) is 0 Å². The molecule has 3 fully saturated rings. The van der Waals surface area contributed by atoms with E-state index < -0.39 is 0 Å². The minimum absolute atomic E-state index is 0.0210. The van der Waals surface area contributed by atoms with Crippen LogP contribution in [-0.4, -0.2) is 29.1 Å². The molecule has 0 radical (unpaired) electrons. The van der Waals surface area contributed by atoms with Crippen LogP contribution in [0.3, 0.4) is 0 Å². The average Bonchev–Trinajstić information content (AvgIpc) is 2.91. The molecule has 1 saturated heterocycles. The molecule has 3 aliphatic rings. The Kier molecular flexibility index (Phi) is 3.44. The van der Waals surface area contributed by atoms with Crippen molar-refractivity contribution in [2.75, 3.05) is 0 Å². The van der Waals surface area contributed by atoms with Gasteiger partial charge < -0.3 is 4.90 Å². The molecule has 2 bridgehead atoms. The molecule has 5 atom stereocenters. The number of carbonyl (C=O) groups is 1. The summed E-state index contributed by atoms with van der Waals surface area (Å²) in [5.74, 6) is 1.72. The molecule has 120 valence electrons. The van der Waals surface area contributed by atoms with Gasteiger partial charge in [0.25, 0.3) is 0 Å². The summed E-state index contributed by atoms with van der Waals surface area (Å²) >= 11 is 0. The van der Waals surface area contributed by atoms with Gasteiger partial charge in [-0.15, -0.1) is 0 Å². The fourth-order valence-electron chi connectivity index (χ4n) is 5.72. The molecule has 1 N–H and O–H groups in total. The van der Waals surface area contributed by atoms with Crippen LogP contribution in [0.4, 0.5) is 0 Å². The lowest BCUT2D eigenvalue weighted by molar-refractivity contribution is -0.139. The molecule has 3 rings (SSSR count). The zero-order chi connectivity index (χ0) is 15.6. The van der Waals surface area contributed by atoms with Gasteiger partial charge in [-0.1, -0.05) is 34.6 Å². The van der Waals surface area contributed by atoms with E-state index in [-0.39, 0.29) is 17.6 Å². The zero-order valence-corrected chi connectivity index (χ0v) is 14.6. The Hall–Kier alpha value is -0.570. The fraction of sp³-hybridized carbons (Fsp3) is 0.944. The summed E-state index contributed by atoms with van der Waals surface area (Å²) in [4.78, 5) is 15.1. The van der Waals surface area contributed by atoms with Crippen LogP contribution in [0.15, 0.2) is 0 Å². The predicted molar refractivity (Wildman–Crippen MR) is 85.7 cm³/mol. The molecule has 1 aliphatic heterocycles. The Labute approximate surface area is 129 Å². The third-order valence-electron chi connectivity index (χ3n) is 6.57. The first-order valence-corrected chi connectivity index (χ1v) is 8.75. The third-order valence-corrected chi connectivity index (χ3v) is 6.57. The van der Waals surface area contributed by atoms with Gasteiger partial charge in [0.1, 0.15) is 0 Å². The minimum atomic E-state index is -0.0210. The van der Waals surface area contributed by atoms with Gasteiger partial charge in [0, 0.05) is 6.04 Å². The highest BCUT2D eigenvalue weighted by Crippen LogP contribution is 2.64. The maximum absolute atomic E-state index is 12.9. The van der Waals surface area contributed by atoms with Gasteiger partial charge >= 0.3 is 0 Å². The summed E-state index contributed by atoms with van der Waals surface area (Å²) in [5, 5.41) is 3.55. The van der Waals surface area contributed by atoms with Crippen LogP contribution in [0.25, 0.3) is 0 Å². The van der Waals surface area contributed by atoms with E-state index in [2.05, 4.69) is 44.8 Å². The second kappa shape index (κ2) is 4.71. The quantitative estimate of drug-likeness (QED) is 0.864. The van der Waals surface area contributed by atoms with Crippen molar-refractivity contribution in [3.05, 3.63) is 0 Å². The first-order chi connectivity index (χ1) is 9.67. The molecule has 3 heteroatoms. The summed E-state index contributed by atoms with van der Waals surface area (Å²) < 4.78 is 0. The van der Waals surface area contributed by atoms with Gasteiger partial charge in [-0.3, -0.25) is 10.1 Å². The molecule has 3 nitrogen and oxygen atoms in total. The molecule has 0 spiro atoms. The lowest BCUT2D eigenvalue weighted by atomic mass is 9.67. The molecule has 0 aromatic rings. The number of carbonyl (C=O) groups excluding carboxylic acids is 1. The fourth-order valence-corrected chi connectivity index (χ4v) is 5.72. The lowest BCUT2D eigenvalue weighted by Gasteiger charge is -2.49. The topological polar surface area (TPSA) is 32.3 Å². The van der Waals surface area contributed by atoms with Crippen molar-refractivity contribution in [2.24, 2.45) is 22.7 Å². The van der Waals surface area contributed by atoms with E-state index in [0.29, 0.717) is 23.3 Å². The van der Waals surface area contributed by atoms with Crippen LogP contribution < -0.4 is 5.32 Å². The lowest BCUT2D eigenvalue weighted by Crippen LogP contribution is -2.57. The Morgan fingerprint density at radius 3 is 2.52 bits per heavy atom. The van der Waals surface area contributed by atoms with E-state index >= 15 is 0 Å². The SMILES string of the molecule is CC(C)CC1NC(C)C(=O)N1C1C2(C)CCC(C2)C1(C)C. The van der Waals surface area contributed by atoms with Crippen LogP contribution in [-0.2, 0) is 4.79 Å². The summed E-state index contributed by atoms with van der Waals surface area (Å²) in [7, 11) is 0. The van der Waals surface area contributed by atoms with E-state index in [1.165, 1.54) is 19.3 Å². The van der Waals surface area contributed by atoms with Crippen molar-refractivity contribution >= 4 is 5.91 Å². The maximum atomic E-state index is 12.9. The number of fused-ring (bicyclic) bond motifs is 2. The molecule has 21 heavy (non-hydrogen) atoms. The number of nitrogens with one attached hydrogen (secondary N) is 1. The van der Waals surface area contributed by atoms with Crippen molar-refractivity contribution in [1.29, 1.82) is 0 Å². The summed E-state index contributed by atoms with van der Waals surface area (Å²) in [6.45, 7) is 13.8. The standard InChI is InChI=1S/C18H32N2O/c1-11(2)9-14-19-12(3)15(21)20(14)16-17(4,5)13-7-8-18(16,6)10-13/h11-14,16,19H,7-10H2,1-6H3. The Bertz CT molecular complexity index is 440. The van der Waals surface area contributed by atoms with Crippen LogP contribution in [0.5, 0.6) is 0 Å². The van der Waals surface area contributed by atoms with Gasteiger partial charge in [-0.05, 0) is 55.3 Å². The molecule has 1 amide bonds. The highest BCUT2D eigenvalue weighted by atomic mass is 16.2. The van der Waals surface area contributed by atoms with E-state index in [1.54, 1.807) is 0 Å². The van der Waals surface area contributed by atoms with E-state index in [1.807, 2.05) is 6.92 Å². The molecule has 2 saturated carbocycles. The molecule has 1 heterocycles. The summed E-state index contributed by atoms with van der Waals surface area (Å²) in [6, 6.07) is 0.379. The maximum Gasteiger partial charge on any atom is 0.241 e. The third kappa shape index (κ3) is 2.15. The van der Waals surface area contributed by atoms with Crippen LogP contribution >= 0.6 is 0 Å². The zero-order valence-electron chi connectivity index (χ0n) is 14.6. The van der Waals surface area contributed by atoms with Gasteiger partial charge in [-0.25, -0.2) is 0 Å². The Morgan fingerprint density at radius 1 is 1.33 bits per heavy atom. The Balaban J connectivity index is 1.94. The molecule has 2 aliphatic carbocycles. The normalized spacial score (nSPS) is 45.1. The van der Waals surface area contributed by atoms with Gasteiger partial charge in [-0.2, -0.15) is 0 Å². The van der Waals surface area contributed by atoms with Crippen molar-refractivity contribution in [1.82, 2.24) is 10.2 Å². The largest absolute Gasteiger partial charge is 0.322 e. The Morgan fingerprint density at radius 2 is 2.00 bits per heavy atom. The smallest absolute Gasteiger partial charge is 0.241 e.